The molecule has 1 atom stereocenters. The average Bonchev–Trinajstić information content (AvgIpc) is 2.74. The second-order valence-corrected chi connectivity index (χ2v) is 5.01. The third-order valence-electron chi connectivity index (χ3n) is 3.34. The number of nitrogens with one attached hydrogen (secondary N) is 1. The van der Waals surface area contributed by atoms with Gasteiger partial charge in [-0.15, -0.1) is 0 Å². The molecule has 0 radical (unpaired) electrons. The number of hydrogen-bond donors (Lipinski definition) is 1. The molecule has 1 aromatic rings. The van der Waals surface area contributed by atoms with E-state index < -0.39 is 0 Å². The molecule has 1 aromatic heterocycles. The molecule has 1 saturated carbocycles. The van der Waals surface area contributed by atoms with E-state index in [9.17, 15) is 4.79 Å². The monoisotopic (exact) mass is 222 g/mol. The summed E-state index contributed by atoms with van der Waals surface area (Å²) in [5.74, 6) is 0.260. The fourth-order valence-corrected chi connectivity index (χ4v) is 2.98. The number of rotatable bonds is 2. The lowest BCUT2D eigenvalue weighted by Gasteiger charge is -2.38. The number of carbonyl (C=O) groups is 1. The van der Waals surface area contributed by atoms with Crippen LogP contribution in [0.3, 0.4) is 0 Å². The molecule has 0 aromatic carbocycles. The summed E-state index contributed by atoms with van der Waals surface area (Å²) in [7, 11) is 0. The van der Waals surface area contributed by atoms with E-state index in [1.54, 1.807) is 11.3 Å². The summed E-state index contributed by atoms with van der Waals surface area (Å²) in [4.78, 5) is 13.8. The van der Waals surface area contributed by atoms with Crippen molar-refractivity contribution in [3.8, 4) is 0 Å². The van der Waals surface area contributed by atoms with Crippen LogP contribution >= 0.6 is 11.3 Å². The topological polar surface area (TPSA) is 32.3 Å². The molecule has 4 heteroatoms. The van der Waals surface area contributed by atoms with E-state index in [1.165, 1.54) is 24.8 Å². The van der Waals surface area contributed by atoms with Gasteiger partial charge in [-0.1, -0.05) is 0 Å². The van der Waals surface area contributed by atoms with Gasteiger partial charge in [0, 0.05) is 6.04 Å². The zero-order chi connectivity index (χ0) is 10.3. The van der Waals surface area contributed by atoms with E-state index >= 15 is 0 Å². The molecular formula is C11H14N2OS. The summed E-state index contributed by atoms with van der Waals surface area (Å²) in [5.41, 5.74) is 1.23. The molecule has 0 bridgehead atoms. The fourth-order valence-electron chi connectivity index (χ4n) is 2.31. The van der Waals surface area contributed by atoms with Crippen molar-refractivity contribution in [2.75, 3.05) is 6.54 Å². The Morgan fingerprint density at radius 2 is 2.33 bits per heavy atom. The minimum absolute atomic E-state index is 0.133. The smallest absolute Gasteiger partial charge is 0.238 e. The zero-order valence-corrected chi connectivity index (χ0v) is 9.30. The van der Waals surface area contributed by atoms with Gasteiger partial charge in [-0.2, -0.15) is 11.3 Å². The third-order valence-corrected chi connectivity index (χ3v) is 4.04. The van der Waals surface area contributed by atoms with Crippen molar-refractivity contribution >= 4 is 17.2 Å². The highest BCUT2D eigenvalue weighted by Crippen LogP contribution is 2.34. The van der Waals surface area contributed by atoms with Gasteiger partial charge in [-0.25, -0.2) is 0 Å². The first-order valence-electron chi connectivity index (χ1n) is 5.43. The van der Waals surface area contributed by atoms with E-state index in [2.05, 4.69) is 22.1 Å². The largest absolute Gasteiger partial charge is 0.319 e. The molecule has 2 heterocycles. The van der Waals surface area contributed by atoms with Gasteiger partial charge in [-0.3, -0.25) is 10.1 Å². The molecule has 2 fully saturated rings. The van der Waals surface area contributed by atoms with Gasteiger partial charge in [0.1, 0.15) is 6.17 Å². The SMILES string of the molecule is O=C1CNC(c2ccsc2)N1C1CCC1. The van der Waals surface area contributed by atoms with Gasteiger partial charge in [-0.05, 0) is 41.7 Å². The molecule has 3 rings (SSSR count). The number of nitrogens with zero attached hydrogens (tertiary/aromatic N) is 1. The predicted octanol–water partition coefficient (Wildman–Crippen LogP) is 1.73. The summed E-state index contributed by atoms with van der Waals surface area (Å²) in [5, 5.41) is 7.49. The third kappa shape index (κ3) is 1.48. The van der Waals surface area contributed by atoms with Crippen LogP contribution in [0.2, 0.25) is 0 Å². The summed E-state index contributed by atoms with van der Waals surface area (Å²) in [6.45, 7) is 0.497. The minimum Gasteiger partial charge on any atom is -0.319 e. The number of amides is 1. The lowest BCUT2D eigenvalue weighted by molar-refractivity contribution is -0.132. The maximum atomic E-state index is 11.8. The normalized spacial score (nSPS) is 27.1. The van der Waals surface area contributed by atoms with Crippen LogP contribution in [0, 0.1) is 0 Å². The van der Waals surface area contributed by atoms with Crippen LogP contribution in [-0.4, -0.2) is 23.4 Å². The summed E-state index contributed by atoms with van der Waals surface area (Å²) in [6.07, 6.45) is 3.75. The van der Waals surface area contributed by atoms with E-state index in [-0.39, 0.29) is 12.1 Å². The van der Waals surface area contributed by atoms with E-state index in [0.717, 1.165) is 0 Å². The summed E-state index contributed by atoms with van der Waals surface area (Å²) < 4.78 is 0. The van der Waals surface area contributed by atoms with Crippen LogP contribution in [0.4, 0.5) is 0 Å². The van der Waals surface area contributed by atoms with E-state index in [4.69, 9.17) is 0 Å². The van der Waals surface area contributed by atoms with Crippen molar-refractivity contribution in [2.24, 2.45) is 0 Å². The molecule has 80 valence electrons. The van der Waals surface area contributed by atoms with Crippen molar-refractivity contribution in [3.63, 3.8) is 0 Å². The molecule has 1 unspecified atom stereocenters. The number of thiophene rings is 1. The Labute approximate surface area is 93.1 Å². The highest BCUT2D eigenvalue weighted by molar-refractivity contribution is 7.07. The standard InChI is InChI=1S/C11H14N2OS/c14-10-6-12-11(8-4-5-15-7-8)13(10)9-2-1-3-9/h4-5,7,9,11-12H,1-3,6H2. The van der Waals surface area contributed by atoms with Gasteiger partial charge < -0.3 is 4.90 Å². The van der Waals surface area contributed by atoms with Crippen LogP contribution in [0.15, 0.2) is 16.8 Å². The predicted molar refractivity (Wildman–Crippen MR) is 59.5 cm³/mol. The van der Waals surface area contributed by atoms with Gasteiger partial charge in [0.05, 0.1) is 6.54 Å². The lowest BCUT2D eigenvalue weighted by atomic mass is 9.91. The van der Waals surface area contributed by atoms with Crippen LogP contribution in [0.25, 0.3) is 0 Å². The van der Waals surface area contributed by atoms with Crippen molar-refractivity contribution in [3.05, 3.63) is 22.4 Å². The highest BCUT2D eigenvalue weighted by Gasteiger charge is 2.38. The summed E-state index contributed by atoms with van der Waals surface area (Å²) in [6, 6.07) is 2.59. The lowest BCUT2D eigenvalue weighted by Crippen LogP contribution is -2.43. The quantitative estimate of drug-likeness (QED) is 0.826. The second-order valence-electron chi connectivity index (χ2n) is 4.23. The summed E-state index contributed by atoms with van der Waals surface area (Å²) >= 11 is 1.69. The Morgan fingerprint density at radius 1 is 1.47 bits per heavy atom. The first-order valence-corrected chi connectivity index (χ1v) is 6.37. The average molecular weight is 222 g/mol. The molecule has 1 N–H and O–H groups in total. The van der Waals surface area contributed by atoms with Crippen molar-refractivity contribution < 1.29 is 4.79 Å². The molecule has 0 spiro atoms. The Kier molecular flexibility index (Phi) is 2.25. The molecule has 2 aliphatic rings. The zero-order valence-electron chi connectivity index (χ0n) is 8.48. The van der Waals surface area contributed by atoms with Crippen LogP contribution in [0.5, 0.6) is 0 Å². The van der Waals surface area contributed by atoms with Gasteiger partial charge >= 0.3 is 0 Å². The molecular weight excluding hydrogens is 208 g/mol. The molecule has 1 aliphatic heterocycles. The van der Waals surface area contributed by atoms with Gasteiger partial charge in [0.2, 0.25) is 5.91 Å². The number of carbonyl (C=O) groups excluding carboxylic acids is 1. The Bertz CT molecular complexity index is 359. The van der Waals surface area contributed by atoms with Gasteiger partial charge in [0.15, 0.2) is 0 Å². The number of hydrogen-bond acceptors (Lipinski definition) is 3. The molecule has 1 amide bonds. The van der Waals surface area contributed by atoms with Crippen molar-refractivity contribution in [2.45, 2.75) is 31.5 Å². The van der Waals surface area contributed by atoms with Crippen LogP contribution in [-0.2, 0) is 4.79 Å². The van der Waals surface area contributed by atoms with Crippen molar-refractivity contribution in [1.29, 1.82) is 0 Å². The first-order chi connectivity index (χ1) is 7.36. The maximum Gasteiger partial charge on any atom is 0.238 e. The maximum absolute atomic E-state index is 11.8. The van der Waals surface area contributed by atoms with E-state index in [0.29, 0.717) is 12.6 Å². The van der Waals surface area contributed by atoms with Crippen LogP contribution < -0.4 is 5.32 Å². The van der Waals surface area contributed by atoms with Crippen LogP contribution in [0.1, 0.15) is 31.0 Å². The van der Waals surface area contributed by atoms with Gasteiger partial charge in [0.25, 0.3) is 0 Å². The Hall–Kier alpha value is -0.870. The van der Waals surface area contributed by atoms with E-state index in [1.807, 2.05) is 4.90 Å². The first kappa shape index (κ1) is 9.36. The Morgan fingerprint density at radius 3 is 2.93 bits per heavy atom. The molecule has 1 saturated heterocycles. The molecule has 15 heavy (non-hydrogen) atoms. The minimum atomic E-state index is 0.133. The second kappa shape index (κ2) is 3.61. The fraction of sp³-hybridized carbons (Fsp3) is 0.545. The molecule has 1 aliphatic carbocycles. The Balaban J connectivity index is 1.85. The highest BCUT2D eigenvalue weighted by atomic mass is 32.1. The van der Waals surface area contributed by atoms with Crippen molar-refractivity contribution in [1.82, 2.24) is 10.2 Å². The molecule has 3 nitrogen and oxygen atoms in total.